The molecule has 1 aliphatic heterocycles. The second-order valence-electron chi connectivity index (χ2n) is 11.8. The number of cyclic esters (lactones) is 1. The second-order valence-corrected chi connectivity index (χ2v) is 11.8. The molecule has 0 aromatic rings. The quantitative estimate of drug-likeness (QED) is 0.326. The van der Waals surface area contributed by atoms with E-state index in [1.165, 1.54) is 0 Å². The van der Waals surface area contributed by atoms with Crippen molar-refractivity contribution in [3.05, 3.63) is 0 Å². The Morgan fingerprint density at radius 2 is 1.47 bits per heavy atom. The number of carbonyl (C=O) groups is 3. The third-order valence-electron chi connectivity index (χ3n) is 6.05. The van der Waals surface area contributed by atoms with Crippen LogP contribution in [0.5, 0.6) is 0 Å². The lowest BCUT2D eigenvalue weighted by Crippen LogP contribution is -2.53. The van der Waals surface area contributed by atoms with Gasteiger partial charge in [0.2, 0.25) is 0 Å². The van der Waals surface area contributed by atoms with Gasteiger partial charge in [-0.2, -0.15) is 4.90 Å². The number of rotatable bonds is 6. The van der Waals surface area contributed by atoms with Crippen molar-refractivity contribution < 1.29 is 38.1 Å². The van der Waals surface area contributed by atoms with Crippen LogP contribution in [-0.4, -0.2) is 71.3 Å². The van der Waals surface area contributed by atoms with Gasteiger partial charge < -0.3 is 23.7 Å². The van der Waals surface area contributed by atoms with Gasteiger partial charge in [0.05, 0.1) is 12.2 Å². The van der Waals surface area contributed by atoms with Gasteiger partial charge in [-0.1, -0.05) is 19.8 Å². The summed E-state index contributed by atoms with van der Waals surface area (Å²) in [6.07, 6.45) is 3.29. The number of hydrogen-bond donors (Lipinski definition) is 0. The molecular formula is C27H47NO8. The molecule has 0 unspecified atom stereocenters. The first-order valence-corrected chi connectivity index (χ1v) is 13.4. The van der Waals surface area contributed by atoms with E-state index in [0.717, 1.165) is 37.0 Å². The lowest BCUT2D eigenvalue weighted by atomic mass is 10.0. The number of esters is 1. The SMILES string of the molecule is CCCO[C@H]1CCC[C@H](N(C(=O)OC(C)(C)C)C(=O)OC(C)(C)C)C(=O)O[C@@H](C)[C@@H]1OC1CCCC1. The highest BCUT2D eigenvalue weighted by atomic mass is 16.6. The lowest BCUT2D eigenvalue weighted by Gasteiger charge is -2.34. The van der Waals surface area contributed by atoms with E-state index in [4.69, 9.17) is 23.7 Å². The number of nitrogens with zero attached hydrogens (tertiary/aromatic N) is 1. The Kier molecular flexibility index (Phi) is 11.0. The van der Waals surface area contributed by atoms with Gasteiger partial charge in [0.15, 0.2) is 0 Å². The summed E-state index contributed by atoms with van der Waals surface area (Å²) in [4.78, 5) is 40.5. The highest BCUT2D eigenvalue weighted by Crippen LogP contribution is 2.30. The smallest absolute Gasteiger partial charge is 0.420 e. The van der Waals surface area contributed by atoms with E-state index in [-0.39, 0.29) is 18.6 Å². The van der Waals surface area contributed by atoms with E-state index in [1.54, 1.807) is 48.5 Å². The normalized spacial score (nSPS) is 26.4. The molecule has 36 heavy (non-hydrogen) atoms. The average Bonchev–Trinajstić information content (AvgIpc) is 3.24. The summed E-state index contributed by atoms with van der Waals surface area (Å²) in [5, 5.41) is 0. The first-order valence-electron chi connectivity index (χ1n) is 13.4. The van der Waals surface area contributed by atoms with Gasteiger partial charge in [0, 0.05) is 6.61 Å². The third kappa shape index (κ3) is 9.54. The average molecular weight is 514 g/mol. The molecule has 9 nitrogen and oxygen atoms in total. The van der Waals surface area contributed by atoms with Crippen LogP contribution in [0, 0.1) is 0 Å². The summed E-state index contributed by atoms with van der Waals surface area (Å²) in [7, 11) is 0. The van der Waals surface area contributed by atoms with Crippen LogP contribution in [0.15, 0.2) is 0 Å². The summed E-state index contributed by atoms with van der Waals surface area (Å²) in [5.41, 5.74) is -1.74. The molecule has 1 saturated heterocycles. The standard InChI is InChI=1S/C27H47NO8/c1-9-17-32-21-16-12-15-20(23(29)33-18(2)22(21)34-19-13-10-11-14-19)28(24(30)35-26(3,4)5)25(31)36-27(6,7)8/h18-22H,9-17H2,1-8H3/t18-,20-,21-,22-/m0/s1. The molecule has 1 heterocycles. The molecule has 208 valence electrons. The Morgan fingerprint density at radius 1 is 0.917 bits per heavy atom. The number of carbonyl (C=O) groups excluding carboxylic acids is 3. The Bertz CT molecular complexity index is 707. The van der Waals surface area contributed by atoms with Crippen molar-refractivity contribution in [2.24, 2.45) is 0 Å². The fraction of sp³-hybridized carbons (Fsp3) is 0.889. The van der Waals surface area contributed by atoms with Gasteiger partial charge in [-0.05, 0) is 87.0 Å². The minimum Gasteiger partial charge on any atom is -0.458 e. The Morgan fingerprint density at radius 3 is 1.97 bits per heavy atom. The number of hydrogen-bond acceptors (Lipinski definition) is 8. The molecule has 2 amide bonds. The summed E-state index contributed by atoms with van der Waals surface area (Å²) >= 11 is 0. The number of ether oxygens (including phenoxy) is 5. The van der Waals surface area contributed by atoms with Crippen molar-refractivity contribution >= 4 is 18.2 Å². The van der Waals surface area contributed by atoms with E-state index in [0.29, 0.717) is 19.4 Å². The minimum absolute atomic E-state index is 0.112. The Labute approximate surface area is 216 Å². The van der Waals surface area contributed by atoms with Gasteiger partial charge in [0.1, 0.15) is 29.5 Å². The molecule has 0 spiro atoms. The first-order chi connectivity index (χ1) is 16.7. The zero-order valence-corrected chi connectivity index (χ0v) is 23.5. The molecule has 2 aliphatic rings. The molecule has 0 aromatic carbocycles. The van der Waals surface area contributed by atoms with Crippen LogP contribution < -0.4 is 0 Å². The molecule has 2 rings (SSSR count). The predicted molar refractivity (Wildman–Crippen MR) is 135 cm³/mol. The molecule has 0 aromatic heterocycles. The van der Waals surface area contributed by atoms with Gasteiger partial charge >= 0.3 is 18.2 Å². The lowest BCUT2D eigenvalue weighted by molar-refractivity contribution is -0.177. The van der Waals surface area contributed by atoms with Crippen LogP contribution in [0.3, 0.4) is 0 Å². The zero-order valence-electron chi connectivity index (χ0n) is 23.5. The van der Waals surface area contributed by atoms with Gasteiger partial charge in [0.25, 0.3) is 0 Å². The van der Waals surface area contributed by atoms with E-state index < -0.39 is 47.6 Å². The monoisotopic (exact) mass is 513 g/mol. The summed E-state index contributed by atoms with van der Waals surface area (Å²) in [5.74, 6) is -0.685. The highest BCUT2D eigenvalue weighted by molar-refractivity contribution is 5.94. The van der Waals surface area contributed by atoms with Crippen molar-refractivity contribution in [1.29, 1.82) is 0 Å². The Hall–Kier alpha value is -1.87. The second kappa shape index (κ2) is 13.1. The first kappa shape index (κ1) is 30.4. The summed E-state index contributed by atoms with van der Waals surface area (Å²) < 4.78 is 29.4. The molecule has 2 fully saturated rings. The largest absolute Gasteiger partial charge is 0.458 e. The zero-order chi connectivity index (χ0) is 27.1. The van der Waals surface area contributed by atoms with Gasteiger partial charge in [-0.15, -0.1) is 0 Å². The summed E-state index contributed by atoms with van der Waals surface area (Å²) in [6, 6.07) is -1.19. The molecular weight excluding hydrogens is 466 g/mol. The molecule has 0 N–H and O–H groups in total. The molecule has 9 heteroatoms. The van der Waals surface area contributed by atoms with Crippen molar-refractivity contribution in [1.82, 2.24) is 4.90 Å². The van der Waals surface area contributed by atoms with Crippen LogP contribution in [0.2, 0.25) is 0 Å². The van der Waals surface area contributed by atoms with Crippen LogP contribution >= 0.6 is 0 Å². The van der Waals surface area contributed by atoms with E-state index in [1.807, 2.05) is 6.92 Å². The number of imide groups is 1. The Balaban J connectivity index is 2.33. The molecule has 0 bridgehead atoms. The van der Waals surface area contributed by atoms with Crippen molar-refractivity contribution in [3.8, 4) is 0 Å². The molecule has 1 aliphatic carbocycles. The number of amides is 2. The van der Waals surface area contributed by atoms with Crippen LogP contribution in [-0.2, 0) is 28.5 Å². The minimum atomic E-state index is -1.19. The van der Waals surface area contributed by atoms with Crippen LogP contribution in [0.4, 0.5) is 9.59 Å². The molecule has 4 atom stereocenters. The van der Waals surface area contributed by atoms with E-state index in [9.17, 15) is 14.4 Å². The van der Waals surface area contributed by atoms with E-state index >= 15 is 0 Å². The maximum absolute atomic E-state index is 13.4. The molecule has 1 saturated carbocycles. The van der Waals surface area contributed by atoms with Crippen molar-refractivity contribution in [2.75, 3.05) is 6.61 Å². The predicted octanol–water partition coefficient (Wildman–Crippen LogP) is 5.77. The highest BCUT2D eigenvalue weighted by Gasteiger charge is 2.44. The van der Waals surface area contributed by atoms with Gasteiger partial charge in [-0.25, -0.2) is 14.4 Å². The van der Waals surface area contributed by atoms with Gasteiger partial charge in [-0.3, -0.25) is 0 Å². The summed E-state index contributed by atoms with van der Waals surface area (Å²) in [6.45, 7) is 14.6. The fourth-order valence-electron chi connectivity index (χ4n) is 4.50. The van der Waals surface area contributed by atoms with Crippen molar-refractivity contribution in [2.45, 2.75) is 148 Å². The maximum Gasteiger partial charge on any atom is 0.420 e. The fourth-order valence-corrected chi connectivity index (χ4v) is 4.50. The third-order valence-corrected chi connectivity index (χ3v) is 6.05. The van der Waals surface area contributed by atoms with Crippen molar-refractivity contribution in [3.63, 3.8) is 0 Å². The van der Waals surface area contributed by atoms with Crippen LogP contribution in [0.25, 0.3) is 0 Å². The van der Waals surface area contributed by atoms with Crippen LogP contribution in [0.1, 0.15) is 107 Å². The maximum atomic E-state index is 13.4. The topological polar surface area (TPSA) is 101 Å². The molecule has 0 radical (unpaired) electrons. The van der Waals surface area contributed by atoms with E-state index in [2.05, 4.69) is 0 Å².